The summed E-state index contributed by atoms with van der Waals surface area (Å²) < 4.78 is 48.2. The van der Waals surface area contributed by atoms with Gasteiger partial charge in [-0.1, -0.05) is 18.7 Å². The molecule has 0 aliphatic carbocycles. The van der Waals surface area contributed by atoms with E-state index >= 15 is 0 Å². The molecular weight excluding hydrogens is 547 g/mol. The van der Waals surface area contributed by atoms with Gasteiger partial charge in [0.1, 0.15) is 23.8 Å². The minimum atomic E-state index is -4.38. The lowest BCUT2D eigenvalue weighted by Gasteiger charge is -2.39. The van der Waals surface area contributed by atoms with Crippen molar-refractivity contribution in [1.82, 2.24) is 24.8 Å². The third-order valence-corrected chi connectivity index (χ3v) is 8.80. The number of likely N-dealkylation sites (tertiary alicyclic amines) is 2. The third-order valence-electron chi connectivity index (χ3n) is 8.80. The molecule has 2 aromatic heterocycles. The molecule has 3 aliphatic heterocycles. The monoisotopic (exact) mass is 583 g/mol. The second kappa shape index (κ2) is 11.9. The molecule has 12 heteroatoms. The highest BCUT2D eigenvalue weighted by molar-refractivity contribution is 5.92. The van der Waals surface area contributed by atoms with Crippen LogP contribution in [0.4, 0.5) is 24.7 Å². The number of hydrogen-bond donors (Lipinski definition) is 2. The molecule has 1 aromatic carbocycles. The molecule has 0 radical (unpaired) electrons. The first-order valence-corrected chi connectivity index (χ1v) is 14.6. The fourth-order valence-corrected chi connectivity index (χ4v) is 6.49. The number of aromatic nitrogens is 3. The van der Waals surface area contributed by atoms with Gasteiger partial charge in [0.2, 0.25) is 5.91 Å². The number of H-pyrrole nitrogens is 1. The molecule has 9 nitrogen and oxygen atoms in total. The molecule has 0 bridgehead atoms. The van der Waals surface area contributed by atoms with Crippen molar-refractivity contribution in [2.45, 2.75) is 37.5 Å². The Morgan fingerprint density at radius 1 is 1.07 bits per heavy atom. The fourth-order valence-electron chi connectivity index (χ4n) is 6.49. The Kier molecular flexibility index (Phi) is 8.09. The minimum Gasteiger partial charge on any atom is -0.378 e. The maximum Gasteiger partial charge on any atom is 0.408 e. The molecular formula is C30H36F3N7O2. The lowest BCUT2D eigenvalue weighted by molar-refractivity contribution is -0.157. The number of piperidine rings is 1. The van der Waals surface area contributed by atoms with Crippen LogP contribution in [0.15, 0.2) is 49.3 Å². The number of nitrogens with one attached hydrogen (secondary N) is 2. The summed E-state index contributed by atoms with van der Waals surface area (Å²) >= 11 is 0. The van der Waals surface area contributed by atoms with Gasteiger partial charge < -0.3 is 24.8 Å². The Hall–Kier alpha value is -3.64. The topological polar surface area (TPSA) is 89.6 Å². The number of rotatable bonds is 7. The van der Waals surface area contributed by atoms with Crippen molar-refractivity contribution in [2.24, 2.45) is 5.92 Å². The van der Waals surface area contributed by atoms with Crippen LogP contribution in [0, 0.1) is 5.92 Å². The van der Waals surface area contributed by atoms with Gasteiger partial charge in [-0.25, -0.2) is 9.97 Å². The van der Waals surface area contributed by atoms with Crippen molar-refractivity contribution < 1.29 is 22.7 Å². The highest BCUT2D eigenvalue weighted by Gasteiger charge is 2.46. The van der Waals surface area contributed by atoms with E-state index in [9.17, 15) is 18.0 Å². The second-order valence-electron chi connectivity index (χ2n) is 11.3. The largest absolute Gasteiger partial charge is 0.408 e. The second-order valence-corrected chi connectivity index (χ2v) is 11.3. The van der Waals surface area contributed by atoms with Gasteiger partial charge in [-0.05, 0) is 68.1 Å². The first-order chi connectivity index (χ1) is 20.3. The van der Waals surface area contributed by atoms with Gasteiger partial charge in [-0.3, -0.25) is 9.69 Å². The summed E-state index contributed by atoms with van der Waals surface area (Å²) in [5.41, 5.74) is 2.82. The summed E-state index contributed by atoms with van der Waals surface area (Å²) in [7, 11) is 0. The van der Waals surface area contributed by atoms with Gasteiger partial charge >= 0.3 is 6.18 Å². The molecule has 3 aromatic rings. The highest BCUT2D eigenvalue weighted by Crippen LogP contribution is 2.36. The van der Waals surface area contributed by atoms with E-state index in [0.717, 1.165) is 42.0 Å². The summed E-state index contributed by atoms with van der Waals surface area (Å²) in [6, 6.07) is 7.60. The number of amides is 1. The van der Waals surface area contributed by atoms with E-state index in [0.29, 0.717) is 63.6 Å². The Labute approximate surface area is 242 Å². The van der Waals surface area contributed by atoms with Crippen LogP contribution >= 0.6 is 0 Å². The highest BCUT2D eigenvalue weighted by atomic mass is 19.4. The Balaban J connectivity index is 1.11. The zero-order valence-corrected chi connectivity index (χ0v) is 23.4. The number of carbonyl (C=O) groups is 1. The van der Waals surface area contributed by atoms with Crippen molar-refractivity contribution in [2.75, 3.05) is 62.7 Å². The lowest BCUT2D eigenvalue weighted by atomic mass is 9.88. The number of anilines is 2. The lowest BCUT2D eigenvalue weighted by Crippen LogP contribution is -2.50. The molecule has 2 N–H and O–H groups in total. The molecule has 1 amide bonds. The average molecular weight is 584 g/mol. The molecule has 0 saturated carbocycles. The number of morpholine rings is 1. The Morgan fingerprint density at radius 3 is 2.50 bits per heavy atom. The molecule has 0 spiro atoms. The summed E-state index contributed by atoms with van der Waals surface area (Å²) in [5, 5.41) is 3.70. The van der Waals surface area contributed by atoms with Crippen molar-refractivity contribution in [3.05, 3.63) is 49.3 Å². The number of benzene rings is 1. The Morgan fingerprint density at radius 2 is 1.81 bits per heavy atom. The van der Waals surface area contributed by atoms with E-state index in [2.05, 4.69) is 36.6 Å². The number of halogens is 3. The van der Waals surface area contributed by atoms with Crippen molar-refractivity contribution >= 4 is 28.4 Å². The fraction of sp³-hybridized carbons (Fsp3) is 0.500. The maximum absolute atomic E-state index is 14.3. The van der Waals surface area contributed by atoms with Gasteiger partial charge in [-0.2, -0.15) is 13.2 Å². The number of ether oxygens (including phenoxy) is 1. The van der Waals surface area contributed by atoms with Gasteiger partial charge in [0.25, 0.3) is 0 Å². The van der Waals surface area contributed by atoms with Crippen LogP contribution in [-0.2, 0) is 9.53 Å². The molecule has 2 atom stereocenters. The van der Waals surface area contributed by atoms with Crippen LogP contribution in [0.25, 0.3) is 22.3 Å². The SMILES string of the molecule is C=CC(=O)N1CCC(N2CCC([C@@H](Nc3ccc(-c4cc5c(N6CCOCC6)ncnc5[nH]4)cc3)C(F)(F)F)CC2)C1. The predicted molar refractivity (Wildman–Crippen MR) is 155 cm³/mol. The maximum atomic E-state index is 14.3. The summed E-state index contributed by atoms with van der Waals surface area (Å²) in [4.78, 5) is 30.3. The van der Waals surface area contributed by atoms with Gasteiger partial charge in [-0.15, -0.1) is 0 Å². The zero-order chi connectivity index (χ0) is 29.3. The van der Waals surface area contributed by atoms with Crippen LogP contribution in [0.3, 0.4) is 0 Å². The molecule has 3 saturated heterocycles. The van der Waals surface area contributed by atoms with Crippen LogP contribution in [0.1, 0.15) is 19.3 Å². The van der Waals surface area contributed by atoms with Crippen LogP contribution in [-0.4, -0.2) is 101 Å². The van der Waals surface area contributed by atoms with E-state index in [1.807, 2.05) is 18.2 Å². The summed E-state index contributed by atoms with van der Waals surface area (Å²) in [6.45, 7) is 8.80. The van der Waals surface area contributed by atoms with E-state index < -0.39 is 18.1 Å². The van der Waals surface area contributed by atoms with Crippen LogP contribution < -0.4 is 10.2 Å². The smallest absolute Gasteiger partial charge is 0.378 e. The predicted octanol–water partition coefficient (Wildman–Crippen LogP) is 4.30. The van der Waals surface area contributed by atoms with E-state index in [4.69, 9.17) is 4.74 Å². The van der Waals surface area contributed by atoms with Crippen LogP contribution in [0.5, 0.6) is 0 Å². The van der Waals surface area contributed by atoms with E-state index in [1.54, 1.807) is 17.0 Å². The molecule has 3 fully saturated rings. The number of aromatic amines is 1. The number of hydrogen-bond acceptors (Lipinski definition) is 7. The average Bonchev–Trinajstić information content (AvgIpc) is 3.68. The number of nitrogens with zero attached hydrogens (tertiary/aromatic N) is 5. The summed E-state index contributed by atoms with van der Waals surface area (Å²) in [6.07, 6.45) is 0.213. The first kappa shape index (κ1) is 28.5. The normalized spacial score (nSPS) is 21.5. The number of carbonyl (C=O) groups excluding carboxylic acids is 1. The molecule has 224 valence electrons. The van der Waals surface area contributed by atoms with Gasteiger partial charge in [0.15, 0.2) is 0 Å². The third kappa shape index (κ3) is 5.96. The minimum absolute atomic E-state index is 0.0873. The molecule has 5 heterocycles. The molecule has 6 rings (SSSR count). The zero-order valence-electron chi connectivity index (χ0n) is 23.4. The first-order valence-electron chi connectivity index (χ1n) is 14.6. The Bertz CT molecular complexity index is 1400. The number of fused-ring (bicyclic) bond motifs is 1. The van der Waals surface area contributed by atoms with Crippen molar-refractivity contribution in [3.8, 4) is 11.3 Å². The van der Waals surface area contributed by atoms with E-state index in [-0.39, 0.29) is 11.9 Å². The standard InChI is InChI=1S/C30H36F3N7O2/c1-2-26(41)40-12-9-23(18-40)38-10-7-21(8-11-38)27(30(31,32)33)36-22-5-3-20(4-6-22)25-17-24-28(37-25)34-19-35-29(24)39-13-15-42-16-14-39/h2-6,17,19,21,23,27,36H,1,7-16,18H2,(H,34,35,37)/t23?,27-/m1/s1. The van der Waals surface area contributed by atoms with E-state index in [1.165, 1.54) is 12.4 Å². The van der Waals surface area contributed by atoms with Gasteiger partial charge in [0.05, 0.1) is 18.6 Å². The molecule has 1 unspecified atom stereocenters. The molecule has 42 heavy (non-hydrogen) atoms. The molecule has 3 aliphatic rings. The van der Waals surface area contributed by atoms with Crippen molar-refractivity contribution in [3.63, 3.8) is 0 Å². The quantitative estimate of drug-likeness (QED) is 0.401. The number of alkyl halides is 3. The van der Waals surface area contributed by atoms with Crippen molar-refractivity contribution in [1.29, 1.82) is 0 Å². The summed E-state index contributed by atoms with van der Waals surface area (Å²) in [5.74, 6) is 0.230. The van der Waals surface area contributed by atoms with Crippen LogP contribution in [0.2, 0.25) is 0 Å². The van der Waals surface area contributed by atoms with Gasteiger partial charge in [0, 0.05) is 43.6 Å².